The van der Waals surface area contributed by atoms with E-state index in [1.54, 1.807) is 48.5 Å². The van der Waals surface area contributed by atoms with E-state index in [1.807, 2.05) is 0 Å². The van der Waals surface area contributed by atoms with Gasteiger partial charge in [-0.25, -0.2) is 8.42 Å². The van der Waals surface area contributed by atoms with Crippen LogP contribution in [0.25, 0.3) is 0 Å². The molecule has 170 valence electrons. The minimum absolute atomic E-state index is 0.00464. The van der Waals surface area contributed by atoms with Gasteiger partial charge in [-0.05, 0) is 35.9 Å². The molecule has 0 saturated heterocycles. The minimum atomic E-state index is -4.61. The lowest BCUT2D eigenvalue weighted by Crippen LogP contribution is -2.34. The number of benzene rings is 3. The van der Waals surface area contributed by atoms with Crippen LogP contribution in [0.15, 0.2) is 83.8 Å². The van der Waals surface area contributed by atoms with Gasteiger partial charge in [0.2, 0.25) is 0 Å². The zero-order chi connectivity index (χ0) is 23.2. The van der Waals surface area contributed by atoms with Crippen molar-refractivity contribution >= 4 is 15.7 Å². The molecule has 0 aliphatic rings. The molecule has 0 spiro atoms. The number of methoxy groups -OCH3 is 1. The van der Waals surface area contributed by atoms with Crippen LogP contribution in [0, 0.1) is 0 Å². The Kier molecular flexibility index (Phi) is 7.42. The van der Waals surface area contributed by atoms with Crippen LogP contribution in [0.3, 0.4) is 0 Å². The van der Waals surface area contributed by atoms with Crippen molar-refractivity contribution in [1.82, 2.24) is 0 Å². The van der Waals surface area contributed by atoms with Crippen LogP contribution in [0.4, 0.5) is 18.9 Å². The zero-order valence-electron chi connectivity index (χ0n) is 17.2. The molecule has 0 N–H and O–H groups in total. The molecule has 0 fully saturated rings. The first-order valence-corrected chi connectivity index (χ1v) is 11.1. The van der Waals surface area contributed by atoms with Gasteiger partial charge >= 0.3 is 6.18 Å². The normalized spacial score (nSPS) is 11.9. The number of halogens is 3. The van der Waals surface area contributed by atoms with Gasteiger partial charge in [0.05, 0.1) is 29.3 Å². The third-order valence-corrected chi connectivity index (χ3v) is 6.45. The van der Waals surface area contributed by atoms with Crippen molar-refractivity contribution in [2.24, 2.45) is 0 Å². The van der Waals surface area contributed by atoms with Gasteiger partial charge in [-0.15, -0.1) is 0 Å². The van der Waals surface area contributed by atoms with Crippen LogP contribution in [0.5, 0.6) is 5.75 Å². The fourth-order valence-electron chi connectivity index (χ4n) is 3.01. The molecular weight excluding hydrogens is 443 g/mol. The Balaban J connectivity index is 2.08. The van der Waals surface area contributed by atoms with Crippen molar-refractivity contribution in [1.29, 1.82) is 0 Å². The standard InChI is InChI=1S/C23H22F3NO4S/c1-30-15-14-27(32(28,29)20-10-6-3-7-11-20)21-13-12-19(23(24,25)26)16-22(21)31-17-18-8-4-2-5-9-18/h2-13,16H,14-15,17H2,1H3. The molecule has 9 heteroatoms. The van der Waals surface area contributed by atoms with E-state index in [2.05, 4.69) is 0 Å². The summed E-state index contributed by atoms with van der Waals surface area (Å²) in [7, 11) is -2.68. The van der Waals surface area contributed by atoms with E-state index < -0.39 is 21.8 Å². The Hall–Kier alpha value is -3.04. The average molecular weight is 465 g/mol. The summed E-state index contributed by atoms with van der Waals surface area (Å²) in [5, 5.41) is 0. The Morgan fingerprint density at radius 1 is 0.906 bits per heavy atom. The van der Waals surface area contributed by atoms with Crippen LogP contribution in [0.1, 0.15) is 11.1 Å². The second-order valence-corrected chi connectivity index (χ2v) is 8.70. The topological polar surface area (TPSA) is 55.8 Å². The maximum Gasteiger partial charge on any atom is 0.416 e. The summed E-state index contributed by atoms with van der Waals surface area (Å²) in [6, 6.07) is 19.3. The average Bonchev–Trinajstić information content (AvgIpc) is 2.79. The Labute approximate surface area is 185 Å². The third kappa shape index (κ3) is 5.60. The fraction of sp³-hybridized carbons (Fsp3) is 0.217. The smallest absolute Gasteiger partial charge is 0.416 e. The first kappa shape index (κ1) is 23.6. The van der Waals surface area contributed by atoms with Gasteiger partial charge in [0.15, 0.2) is 0 Å². The quantitative estimate of drug-likeness (QED) is 0.440. The van der Waals surface area contributed by atoms with Crippen molar-refractivity contribution in [3.8, 4) is 5.75 Å². The van der Waals surface area contributed by atoms with Gasteiger partial charge in [0, 0.05) is 7.11 Å². The van der Waals surface area contributed by atoms with Crippen LogP contribution in [-0.4, -0.2) is 28.7 Å². The Bertz CT molecular complexity index is 1120. The van der Waals surface area contributed by atoms with Crippen molar-refractivity contribution in [3.63, 3.8) is 0 Å². The SMILES string of the molecule is COCCN(c1ccc(C(F)(F)F)cc1OCc1ccccc1)S(=O)(=O)c1ccccc1. The molecule has 0 aromatic heterocycles. The second kappa shape index (κ2) is 10.1. The molecule has 0 aliphatic heterocycles. The number of ether oxygens (including phenoxy) is 2. The number of rotatable bonds is 9. The maximum atomic E-state index is 13.4. The van der Waals surface area contributed by atoms with E-state index in [-0.39, 0.29) is 36.1 Å². The largest absolute Gasteiger partial charge is 0.487 e. The number of alkyl halides is 3. The van der Waals surface area contributed by atoms with Crippen LogP contribution >= 0.6 is 0 Å². The van der Waals surface area contributed by atoms with Gasteiger partial charge in [0.25, 0.3) is 10.0 Å². The highest BCUT2D eigenvalue weighted by Gasteiger charge is 2.33. The van der Waals surface area contributed by atoms with E-state index in [9.17, 15) is 21.6 Å². The summed E-state index contributed by atoms with van der Waals surface area (Å²) < 4.78 is 78.5. The van der Waals surface area contributed by atoms with Crippen molar-refractivity contribution < 1.29 is 31.1 Å². The molecule has 5 nitrogen and oxygen atoms in total. The maximum absolute atomic E-state index is 13.4. The summed E-state index contributed by atoms with van der Waals surface area (Å²) in [6.07, 6.45) is -4.61. The number of hydrogen-bond donors (Lipinski definition) is 0. The monoisotopic (exact) mass is 465 g/mol. The summed E-state index contributed by atoms with van der Waals surface area (Å²) >= 11 is 0. The molecule has 0 radical (unpaired) electrons. The van der Waals surface area contributed by atoms with Gasteiger partial charge in [-0.2, -0.15) is 13.2 Å². The van der Waals surface area contributed by atoms with Crippen molar-refractivity contribution in [2.75, 3.05) is 24.6 Å². The van der Waals surface area contributed by atoms with E-state index >= 15 is 0 Å². The number of hydrogen-bond acceptors (Lipinski definition) is 4. The zero-order valence-corrected chi connectivity index (χ0v) is 18.1. The minimum Gasteiger partial charge on any atom is -0.487 e. The van der Waals surface area contributed by atoms with E-state index in [0.29, 0.717) is 0 Å². The molecule has 0 bridgehead atoms. The van der Waals surface area contributed by atoms with Gasteiger partial charge < -0.3 is 9.47 Å². The Morgan fingerprint density at radius 2 is 1.53 bits per heavy atom. The van der Waals surface area contributed by atoms with Crippen LogP contribution < -0.4 is 9.04 Å². The molecule has 0 unspecified atom stereocenters. The molecule has 0 atom stereocenters. The van der Waals surface area contributed by atoms with Crippen molar-refractivity contribution in [3.05, 3.63) is 90.0 Å². The number of anilines is 1. The number of sulfonamides is 1. The van der Waals surface area contributed by atoms with Gasteiger partial charge in [-0.3, -0.25) is 4.31 Å². The van der Waals surface area contributed by atoms with Gasteiger partial charge in [0.1, 0.15) is 12.4 Å². The highest BCUT2D eigenvalue weighted by atomic mass is 32.2. The molecule has 3 aromatic carbocycles. The Morgan fingerprint density at radius 3 is 2.12 bits per heavy atom. The highest BCUT2D eigenvalue weighted by Crippen LogP contribution is 2.39. The fourth-order valence-corrected chi connectivity index (χ4v) is 4.49. The molecular formula is C23H22F3NO4S. The molecule has 0 aliphatic carbocycles. The second-order valence-electron chi connectivity index (χ2n) is 6.84. The van der Waals surface area contributed by atoms with E-state index in [1.165, 1.54) is 19.2 Å². The third-order valence-electron chi connectivity index (χ3n) is 4.62. The lowest BCUT2D eigenvalue weighted by Gasteiger charge is -2.27. The summed E-state index contributed by atoms with van der Waals surface area (Å²) in [5.41, 5.74) is -0.215. The first-order chi connectivity index (χ1) is 15.2. The van der Waals surface area contributed by atoms with Crippen LogP contribution in [-0.2, 0) is 27.5 Å². The highest BCUT2D eigenvalue weighted by molar-refractivity contribution is 7.92. The summed E-state index contributed by atoms with van der Waals surface area (Å²) in [6.45, 7) is -0.106. The van der Waals surface area contributed by atoms with E-state index in [0.717, 1.165) is 28.1 Å². The van der Waals surface area contributed by atoms with Crippen LogP contribution in [0.2, 0.25) is 0 Å². The summed E-state index contributed by atoms with van der Waals surface area (Å²) in [5.74, 6) is -0.195. The van der Waals surface area contributed by atoms with Gasteiger partial charge in [-0.1, -0.05) is 48.5 Å². The lowest BCUT2D eigenvalue weighted by atomic mass is 10.1. The number of nitrogens with zero attached hydrogens (tertiary/aromatic N) is 1. The molecule has 0 saturated carbocycles. The molecule has 3 aromatic rings. The predicted octanol–water partition coefficient (Wildman–Crippen LogP) is 5.13. The predicted molar refractivity (Wildman–Crippen MR) is 115 cm³/mol. The van der Waals surface area contributed by atoms with Crippen molar-refractivity contribution in [2.45, 2.75) is 17.7 Å². The first-order valence-electron chi connectivity index (χ1n) is 9.68. The molecule has 0 heterocycles. The van der Waals surface area contributed by atoms with E-state index in [4.69, 9.17) is 9.47 Å². The molecule has 0 amide bonds. The molecule has 32 heavy (non-hydrogen) atoms. The lowest BCUT2D eigenvalue weighted by molar-refractivity contribution is -0.137. The molecule has 3 rings (SSSR count). The summed E-state index contributed by atoms with van der Waals surface area (Å²) in [4.78, 5) is 0.00464.